The number of amides is 1. The van der Waals surface area contributed by atoms with Gasteiger partial charge in [0.2, 0.25) is 5.91 Å². The van der Waals surface area contributed by atoms with Crippen molar-refractivity contribution in [1.29, 1.82) is 0 Å². The first-order valence-corrected chi connectivity index (χ1v) is 12.2. The van der Waals surface area contributed by atoms with E-state index in [0.29, 0.717) is 5.69 Å². The maximum absolute atomic E-state index is 12.1. The van der Waals surface area contributed by atoms with Gasteiger partial charge in [-0.2, -0.15) is 5.10 Å². The summed E-state index contributed by atoms with van der Waals surface area (Å²) in [6.07, 6.45) is 5.29. The number of nitrogens with one attached hydrogen (secondary N) is 3. The molecule has 0 unspecified atom stereocenters. The molecule has 0 saturated carbocycles. The molecule has 1 amide bonds. The monoisotopic (exact) mass is 478 g/mol. The van der Waals surface area contributed by atoms with Crippen molar-refractivity contribution in [2.24, 2.45) is 5.92 Å². The molecule has 1 aromatic carbocycles. The van der Waals surface area contributed by atoms with Crippen LogP contribution in [0.5, 0.6) is 0 Å². The molecule has 172 valence electrons. The number of pyridine rings is 2. The Labute approximate surface area is 205 Å². The normalized spacial score (nSPS) is 11.5. The number of carbonyl (C=O) groups is 1. The summed E-state index contributed by atoms with van der Waals surface area (Å²) in [5, 5.41) is 14.8. The highest BCUT2D eigenvalue weighted by atomic mass is 32.1. The first kappa shape index (κ1) is 21.2. The van der Waals surface area contributed by atoms with Crippen LogP contribution in [0, 0.1) is 5.92 Å². The second-order valence-corrected chi connectivity index (χ2v) is 9.67. The predicted octanol–water partition coefficient (Wildman–Crippen LogP) is 6.49. The van der Waals surface area contributed by atoms with Gasteiger partial charge in [-0.15, -0.1) is 11.3 Å². The summed E-state index contributed by atoms with van der Waals surface area (Å²) in [6.45, 7) is 3.73. The number of aromatic nitrogens is 5. The second-order valence-electron chi connectivity index (χ2n) is 8.72. The third-order valence-corrected chi connectivity index (χ3v) is 6.86. The number of aromatic amines is 2. The van der Waals surface area contributed by atoms with Crippen LogP contribution in [0.15, 0.2) is 72.5 Å². The van der Waals surface area contributed by atoms with Gasteiger partial charge in [-0.25, -0.2) is 0 Å². The van der Waals surface area contributed by atoms with Crippen molar-refractivity contribution < 1.29 is 4.79 Å². The standard InChI is InChI=1S/C27H22N6OS/c1-15(2)27(34)30-18-10-17(13-28-14-18)16-5-6-22-19(11-16)25(33-32-22)23-12-20-21(31-23)7-8-29-26(20)24-4-3-9-35-24/h3-15,31H,1-2H3,(H,30,34)(H,32,33). The molecule has 6 rings (SSSR count). The highest BCUT2D eigenvalue weighted by Gasteiger charge is 2.15. The Hall–Kier alpha value is -4.30. The minimum absolute atomic E-state index is 0.0354. The van der Waals surface area contributed by atoms with Crippen LogP contribution >= 0.6 is 11.3 Å². The van der Waals surface area contributed by atoms with E-state index >= 15 is 0 Å². The fourth-order valence-corrected chi connectivity index (χ4v) is 4.88. The van der Waals surface area contributed by atoms with Crippen molar-refractivity contribution in [2.75, 3.05) is 5.32 Å². The van der Waals surface area contributed by atoms with Crippen molar-refractivity contribution >= 4 is 44.7 Å². The number of fused-ring (bicyclic) bond motifs is 2. The lowest BCUT2D eigenvalue weighted by Crippen LogP contribution is -2.17. The molecule has 8 heteroatoms. The topological polar surface area (TPSA) is 99.3 Å². The Kier molecular flexibility index (Phi) is 5.15. The molecule has 35 heavy (non-hydrogen) atoms. The number of anilines is 1. The van der Waals surface area contributed by atoms with Crippen LogP contribution in [0.4, 0.5) is 5.69 Å². The minimum Gasteiger partial charge on any atom is -0.353 e. The van der Waals surface area contributed by atoms with Crippen molar-refractivity contribution in [3.05, 3.63) is 72.5 Å². The number of hydrogen-bond acceptors (Lipinski definition) is 5. The number of carbonyl (C=O) groups excluding carboxylic acids is 1. The largest absolute Gasteiger partial charge is 0.353 e. The van der Waals surface area contributed by atoms with Crippen molar-refractivity contribution in [3.63, 3.8) is 0 Å². The zero-order valence-electron chi connectivity index (χ0n) is 19.2. The summed E-state index contributed by atoms with van der Waals surface area (Å²) in [5.41, 5.74) is 7.27. The summed E-state index contributed by atoms with van der Waals surface area (Å²) < 4.78 is 0. The molecule has 5 aromatic heterocycles. The highest BCUT2D eigenvalue weighted by molar-refractivity contribution is 7.13. The average molecular weight is 479 g/mol. The predicted molar refractivity (Wildman–Crippen MR) is 141 cm³/mol. The van der Waals surface area contributed by atoms with Crippen molar-refractivity contribution in [2.45, 2.75) is 13.8 Å². The van der Waals surface area contributed by atoms with Gasteiger partial charge in [-0.3, -0.25) is 19.9 Å². The fraction of sp³-hybridized carbons (Fsp3) is 0.111. The van der Waals surface area contributed by atoms with Gasteiger partial charge in [0, 0.05) is 40.2 Å². The molecular weight excluding hydrogens is 456 g/mol. The van der Waals surface area contributed by atoms with E-state index < -0.39 is 0 Å². The Bertz CT molecular complexity index is 1680. The number of nitrogens with zero attached hydrogens (tertiary/aromatic N) is 3. The minimum atomic E-state index is -0.102. The third-order valence-electron chi connectivity index (χ3n) is 5.98. The highest BCUT2D eigenvalue weighted by Crippen LogP contribution is 2.35. The molecule has 6 aromatic rings. The van der Waals surface area contributed by atoms with E-state index in [-0.39, 0.29) is 11.8 Å². The van der Waals surface area contributed by atoms with Crippen LogP contribution in [0.2, 0.25) is 0 Å². The molecule has 0 bridgehead atoms. The van der Waals surface area contributed by atoms with Crippen LogP contribution in [0.25, 0.3) is 54.9 Å². The second kappa shape index (κ2) is 8.48. The Morgan fingerprint density at radius 3 is 2.69 bits per heavy atom. The number of thiophene rings is 1. The number of rotatable bonds is 5. The van der Waals surface area contributed by atoms with E-state index in [1.54, 1.807) is 23.7 Å². The van der Waals surface area contributed by atoms with Gasteiger partial charge in [0.05, 0.1) is 33.7 Å². The molecule has 3 N–H and O–H groups in total. The molecule has 7 nitrogen and oxygen atoms in total. The van der Waals surface area contributed by atoms with E-state index in [0.717, 1.165) is 54.9 Å². The number of hydrogen-bond donors (Lipinski definition) is 3. The van der Waals surface area contributed by atoms with Crippen LogP contribution < -0.4 is 5.32 Å². The molecule has 0 spiro atoms. The van der Waals surface area contributed by atoms with Gasteiger partial charge >= 0.3 is 0 Å². The molecule has 5 heterocycles. The Morgan fingerprint density at radius 2 is 1.86 bits per heavy atom. The molecule has 0 atom stereocenters. The zero-order chi connectivity index (χ0) is 23.9. The quantitative estimate of drug-likeness (QED) is 0.264. The molecule has 0 aliphatic carbocycles. The first-order chi connectivity index (χ1) is 17.1. The first-order valence-electron chi connectivity index (χ1n) is 11.3. The molecule has 0 aliphatic rings. The molecule has 0 aliphatic heterocycles. The Morgan fingerprint density at radius 1 is 0.971 bits per heavy atom. The smallest absolute Gasteiger partial charge is 0.226 e. The summed E-state index contributed by atoms with van der Waals surface area (Å²) >= 11 is 1.68. The lowest BCUT2D eigenvalue weighted by atomic mass is 10.0. The van der Waals surface area contributed by atoms with Crippen LogP contribution in [-0.4, -0.2) is 31.1 Å². The van der Waals surface area contributed by atoms with Crippen molar-refractivity contribution in [3.8, 4) is 33.1 Å². The third kappa shape index (κ3) is 3.87. The Balaban J connectivity index is 1.41. The maximum Gasteiger partial charge on any atom is 0.226 e. The SMILES string of the molecule is CC(C)C(=O)Nc1cncc(-c2ccc3[nH]nc(-c4cc5c(-c6cccs6)nccc5[nH]4)c3c2)c1. The number of benzene rings is 1. The molecular formula is C27H22N6OS. The van der Waals surface area contributed by atoms with E-state index in [2.05, 4.69) is 54.0 Å². The number of H-pyrrole nitrogens is 2. The van der Waals surface area contributed by atoms with Gasteiger partial charge in [0.1, 0.15) is 5.69 Å². The van der Waals surface area contributed by atoms with E-state index in [1.165, 1.54) is 0 Å². The van der Waals surface area contributed by atoms with Gasteiger partial charge in [0.25, 0.3) is 0 Å². The summed E-state index contributed by atoms with van der Waals surface area (Å²) in [5.74, 6) is -0.137. The summed E-state index contributed by atoms with van der Waals surface area (Å²) in [6, 6.07) is 16.3. The summed E-state index contributed by atoms with van der Waals surface area (Å²) in [4.78, 5) is 25.7. The zero-order valence-corrected chi connectivity index (χ0v) is 20.0. The molecule has 0 fully saturated rings. The van der Waals surface area contributed by atoms with Crippen molar-refractivity contribution in [1.82, 2.24) is 25.1 Å². The average Bonchev–Trinajstić information content (AvgIpc) is 3.62. The van der Waals surface area contributed by atoms with Crippen LogP contribution in [-0.2, 0) is 4.79 Å². The van der Waals surface area contributed by atoms with Crippen LogP contribution in [0.3, 0.4) is 0 Å². The van der Waals surface area contributed by atoms with Gasteiger partial charge in [-0.05, 0) is 47.3 Å². The lowest BCUT2D eigenvalue weighted by Gasteiger charge is -2.09. The van der Waals surface area contributed by atoms with E-state index in [1.807, 2.05) is 50.4 Å². The summed E-state index contributed by atoms with van der Waals surface area (Å²) in [7, 11) is 0. The van der Waals surface area contributed by atoms with Crippen LogP contribution in [0.1, 0.15) is 13.8 Å². The van der Waals surface area contributed by atoms with E-state index in [4.69, 9.17) is 0 Å². The molecule has 0 radical (unpaired) electrons. The van der Waals surface area contributed by atoms with Gasteiger partial charge in [0.15, 0.2) is 0 Å². The van der Waals surface area contributed by atoms with Gasteiger partial charge in [-0.1, -0.05) is 26.0 Å². The maximum atomic E-state index is 12.1. The fourth-order valence-electron chi connectivity index (χ4n) is 4.14. The van der Waals surface area contributed by atoms with E-state index in [9.17, 15) is 4.79 Å². The molecule has 0 saturated heterocycles. The lowest BCUT2D eigenvalue weighted by molar-refractivity contribution is -0.118. The van der Waals surface area contributed by atoms with Gasteiger partial charge < -0.3 is 10.3 Å².